The van der Waals surface area contributed by atoms with E-state index in [1.165, 1.54) is 0 Å². The van der Waals surface area contributed by atoms with Gasteiger partial charge < -0.3 is 5.32 Å². The zero-order valence-electron chi connectivity index (χ0n) is 11.9. The van der Waals surface area contributed by atoms with Crippen LogP contribution in [-0.2, 0) is 0 Å². The minimum Gasteiger partial charge on any atom is -0.383 e. The molecule has 1 N–H and O–H groups in total. The summed E-state index contributed by atoms with van der Waals surface area (Å²) < 4.78 is 0. The molecule has 0 fully saturated rings. The van der Waals surface area contributed by atoms with Crippen LogP contribution in [-0.4, -0.2) is 11.5 Å². The van der Waals surface area contributed by atoms with Crippen LogP contribution < -0.4 is 5.32 Å². The number of nitriles is 1. The molecule has 3 nitrogen and oxygen atoms in total. The van der Waals surface area contributed by atoms with Crippen LogP contribution in [0, 0.1) is 23.7 Å². The van der Waals surface area contributed by atoms with E-state index < -0.39 is 0 Å². The van der Waals surface area contributed by atoms with Gasteiger partial charge >= 0.3 is 0 Å². The highest BCUT2D eigenvalue weighted by Gasteiger charge is 2.15. The molecule has 0 saturated carbocycles. The van der Waals surface area contributed by atoms with Gasteiger partial charge in [-0.1, -0.05) is 39.0 Å². The maximum atomic E-state index is 9.36. The highest BCUT2D eigenvalue weighted by molar-refractivity contribution is 5.94. The lowest BCUT2D eigenvalue weighted by Crippen LogP contribution is -2.20. The van der Waals surface area contributed by atoms with Crippen molar-refractivity contribution in [2.75, 3.05) is 11.9 Å². The molecular formula is C16H19N3. The van der Waals surface area contributed by atoms with Crippen LogP contribution in [0.1, 0.15) is 32.0 Å². The Hall–Kier alpha value is -2.08. The lowest BCUT2D eigenvalue weighted by molar-refractivity contribution is 0.443. The van der Waals surface area contributed by atoms with Gasteiger partial charge in [0.25, 0.3) is 0 Å². The van der Waals surface area contributed by atoms with Crippen LogP contribution in [0.5, 0.6) is 0 Å². The summed E-state index contributed by atoms with van der Waals surface area (Å²) in [6, 6.07) is 10.2. The Morgan fingerprint density at radius 1 is 1.26 bits per heavy atom. The fourth-order valence-corrected chi connectivity index (χ4v) is 2.01. The van der Waals surface area contributed by atoms with E-state index in [1.807, 2.05) is 31.2 Å². The molecule has 1 aromatic heterocycles. The van der Waals surface area contributed by atoms with E-state index in [-0.39, 0.29) is 5.41 Å². The van der Waals surface area contributed by atoms with E-state index >= 15 is 0 Å². The van der Waals surface area contributed by atoms with Crippen molar-refractivity contribution in [1.82, 2.24) is 4.98 Å². The number of hydrogen-bond donors (Lipinski definition) is 1. The third-order valence-electron chi connectivity index (χ3n) is 2.98. The maximum Gasteiger partial charge on any atom is 0.103 e. The van der Waals surface area contributed by atoms with Crippen molar-refractivity contribution in [2.45, 2.75) is 27.7 Å². The number of nitrogens with one attached hydrogen (secondary N) is 1. The molecular weight excluding hydrogens is 234 g/mol. The zero-order valence-corrected chi connectivity index (χ0v) is 11.9. The van der Waals surface area contributed by atoms with Gasteiger partial charge in [0.1, 0.15) is 6.07 Å². The minimum absolute atomic E-state index is 0.158. The van der Waals surface area contributed by atoms with Crippen molar-refractivity contribution >= 4 is 16.6 Å². The topological polar surface area (TPSA) is 48.7 Å². The first-order chi connectivity index (χ1) is 8.92. The van der Waals surface area contributed by atoms with E-state index in [2.05, 4.69) is 37.1 Å². The average molecular weight is 253 g/mol. The van der Waals surface area contributed by atoms with Crippen molar-refractivity contribution in [3.05, 3.63) is 35.5 Å². The number of hydrogen-bond acceptors (Lipinski definition) is 3. The van der Waals surface area contributed by atoms with Gasteiger partial charge in [0.15, 0.2) is 0 Å². The monoisotopic (exact) mass is 253 g/mol. The minimum atomic E-state index is 0.158. The summed E-state index contributed by atoms with van der Waals surface area (Å²) in [6.45, 7) is 9.20. The van der Waals surface area contributed by atoms with Crippen molar-refractivity contribution in [3.63, 3.8) is 0 Å². The predicted molar refractivity (Wildman–Crippen MR) is 79.1 cm³/mol. The number of para-hydroxylation sites is 1. The van der Waals surface area contributed by atoms with E-state index in [9.17, 15) is 5.26 Å². The molecule has 2 rings (SSSR count). The molecule has 0 aliphatic rings. The number of fused-ring (bicyclic) bond motifs is 1. The first kappa shape index (κ1) is 13.4. The highest BCUT2D eigenvalue weighted by atomic mass is 14.9. The molecule has 0 saturated heterocycles. The molecule has 0 radical (unpaired) electrons. The molecule has 0 atom stereocenters. The number of rotatable bonds is 2. The summed E-state index contributed by atoms with van der Waals surface area (Å²) in [5, 5.41) is 13.8. The van der Waals surface area contributed by atoms with E-state index in [4.69, 9.17) is 0 Å². The van der Waals surface area contributed by atoms with Gasteiger partial charge in [-0.3, -0.25) is 4.98 Å². The molecule has 0 bridgehead atoms. The number of benzene rings is 1. The van der Waals surface area contributed by atoms with Gasteiger partial charge in [-0.05, 0) is 18.4 Å². The lowest BCUT2D eigenvalue weighted by atomic mass is 9.96. The number of anilines is 1. The fraction of sp³-hybridized carbons (Fsp3) is 0.375. The maximum absolute atomic E-state index is 9.36. The summed E-state index contributed by atoms with van der Waals surface area (Å²) in [7, 11) is 0. The number of pyridine rings is 1. The van der Waals surface area contributed by atoms with Crippen molar-refractivity contribution in [1.29, 1.82) is 5.26 Å². The summed E-state index contributed by atoms with van der Waals surface area (Å²) in [4.78, 5) is 4.49. The molecule has 1 aromatic carbocycles. The van der Waals surface area contributed by atoms with E-state index in [0.717, 1.165) is 28.8 Å². The highest BCUT2D eigenvalue weighted by Crippen LogP contribution is 2.29. The van der Waals surface area contributed by atoms with Gasteiger partial charge in [0.05, 0.1) is 22.5 Å². The predicted octanol–water partition coefficient (Wildman–Crippen LogP) is 3.87. The van der Waals surface area contributed by atoms with Crippen molar-refractivity contribution < 1.29 is 0 Å². The summed E-state index contributed by atoms with van der Waals surface area (Å²) in [5.74, 6) is 0. The lowest BCUT2D eigenvalue weighted by Gasteiger charge is -2.21. The molecule has 2 aromatic rings. The Morgan fingerprint density at radius 3 is 2.58 bits per heavy atom. The van der Waals surface area contributed by atoms with Gasteiger partial charge in [-0.15, -0.1) is 0 Å². The Kier molecular flexibility index (Phi) is 3.44. The normalized spacial score (nSPS) is 11.3. The van der Waals surface area contributed by atoms with Crippen molar-refractivity contribution in [3.8, 4) is 6.07 Å². The molecule has 0 aliphatic heterocycles. The molecule has 0 aliphatic carbocycles. The van der Waals surface area contributed by atoms with Crippen LogP contribution in [0.15, 0.2) is 24.3 Å². The first-order valence-corrected chi connectivity index (χ1v) is 6.46. The fourth-order valence-electron chi connectivity index (χ4n) is 2.01. The van der Waals surface area contributed by atoms with Gasteiger partial charge in [-0.2, -0.15) is 5.26 Å². The van der Waals surface area contributed by atoms with E-state index in [0.29, 0.717) is 5.56 Å². The van der Waals surface area contributed by atoms with E-state index in [1.54, 1.807) is 0 Å². The van der Waals surface area contributed by atoms with Crippen molar-refractivity contribution in [2.24, 2.45) is 5.41 Å². The van der Waals surface area contributed by atoms with Crippen LogP contribution >= 0.6 is 0 Å². The second-order valence-corrected chi connectivity index (χ2v) is 5.99. The van der Waals surface area contributed by atoms with Crippen LogP contribution in [0.2, 0.25) is 0 Å². The quantitative estimate of drug-likeness (QED) is 0.883. The molecule has 19 heavy (non-hydrogen) atoms. The summed E-state index contributed by atoms with van der Waals surface area (Å²) in [6.07, 6.45) is 0. The third-order valence-corrected chi connectivity index (χ3v) is 2.98. The molecule has 1 heterocycles. The molecule has 0 unspecified atom stereocenters. The molecule has 0 spiro atoms. The first-order valence-electron chi connectivity index (χ1n) is 6.46. The van der Waals surface area contributed by atoms with Crippen LogP contribution in [0.25, 0.3) is 10.9 Å². The van der Waals surface area contributed by atoms with Crippen LogP contribution in [0.3, 0.4) is 0 Å². The van der Waals surface area contributed by atoms with Crippen LogP contribution in [0.4, 0.5) is 5.69 Å². The summed E-state index contributed by atoms with van der Waals surface area (Å²) in [5.41, 5.74) is 3.40. The number of nitrogens with zero attached hydrogens (tertiary/aromatic N) is 2. The number of aryl methyl sites for hydroxylation is 1. The average Bonchev–Trinajstić information content (AvgIpc) is 2.34. The zero-order chi connectivity index (χ0) is 14.0. The smallest absolute Gasteiger partial charge is 0.103 e. The Morgan fingerprint density at radius 2 is 1.95 bits per heavy atom. The molecule has 0 amide bonds. The standard InChI is InChI=1S/C16H19N3/c1-11-13(9-17)15(18-10-16(2,3)4)12-7-5-6-8-14(12)19-11/h5-8H,10H2,1-4H3,(H,18,19). The second kappa shape index (κ2) is 4.89. The largest absolute Gasteiger partial charge is 0.383 e. The Balaban J connectivity index is 2.58. The summed E-state index contributed by atoms with van der Waals surface area (Å²) >= 11 is 0. The van der Waals surface area contributed by atoms with Gasteiger partial charge in [0.2, 0.25) is 0 Å². The SMILES string of the molecule is Cc1nc2ccccc2c(NCC(C)(C)C)c1C#N. The third kappa shape index (κ3) is 2.85. The van der Waals surface area contributed by atoms with Gasteiger partial charge in [-0.25, -0.2) is 0 Å². The van der Waals surface area contributed by atoms with Gasteiger partial charge in [0, 0.05) is 11.9 Å². The number of aromatic nitrogens is 1. The molecule has 3 heteroatoms. The Labute approximate surface area is 114 Å². The second-order valence-electron chi connectivity index (χ2n) is 5.99. The Bertz CT molecular complexity index is 645. The molecule has 98 valence electrons.